The molecule has 0 saturated carbocycles. The van der Waals surface area contributed by atoms with E-state index in [4.69, 9.17) is 0 Å². The number of quaternary nitrogens is 1. The van der Waals surface area contributed by atoms with Crippen molar-refractivity contribution in [3.8, 4) is 0 Å². The first-order valence-corrected chi connectivity index (χ1v) is 5.41. The van der Waals surface area contributed by atoms with E-state index >= 15 is 0 Å². The smallest absolute Gasteiger partial charge is 0.347 e. The predicted octanol–water partition coefficient (Wildman–Crippen LogP) is -1.62. The maximum atomic E-state index is 11.5. The molecule has 3 amide bonds. The summed E-state index contributed by atoms with van der Waals surface area (Å²) in [5, 5.41) is 2.29. The van der Waals surface area contributed by atoms with Crippen LogP contribution in [-0.4, -0.2) is 74.7 Å². The van der Waals surface area contributed by atoms with Crippen molar-refractivity contribution in [2.24, 2.45) is 0 Å². The molecule has 0 heterocycles. The fourth-order valence-corrected chi connectivity index (χ4v) is 0.990. The van der Waals surface area contributed by atoms with Crippen LogP contribution in [0.25, 0.3) is 0 Å². The van der Waals surface area contributed by atoms with Crippen LogP contribution in [0.5, 0.6) is 0 Å². The SMILES string of the molecule is CN(C)C(=O)CNC(=O)CC(=O)C(=O)[N+](C)(C)C. The monoisotopic (exact) mass is 258 g/mol. The second-order valence-corrected chi connectivity index (χ2v) is 4.98. The highest BCUT2D eigenvalue weighted by atomic mass is 16.2. The number of ketones is 1. The van der Waals surface area contributed by atoms with Gasteiger partial charge in [0, 0.05) is 14.1 Å². The molecule has 0 spiro atoms. The third kappa shape index (κ3) is 5.53. The maximum absolute atomic E-state index is 11.5. The summed E-state index contributed by atoms with van der Waals surface area (Å²) in [4.78, 5) is 46.8. The highest BCUT2D eigenvalue weighted by molar-refractivity contribution is 6.36. The number of hydrogen-bond donors (Lipinski definition) is 1. The summed E-state index contributed by atoms with van der Waals surface area (Å²) in [6.45, 7) is -0.183. The van der Waals surface area contributed by atoms with Crippen LogP contribution in [0.3, 0.4) is 0 Å². The molecule has 0 saturated heterocycles. The van der Waals surface area contributed by atoms with E-state index in [2.05, 4.69) is 5.32 Å². The zero-order valence-corrected chi connectivity index (χ0v) is 11.4. The quantitative estimate of drug-likeness (QED) is 0.365. The van der Waals surface area contributed by atoms with Crippen molar-refractivity contribution in [3.63, 3.8) is 0 Å². The van der Waals surface area contributed by atoms with Crippen molar-refractivity contribution >= 4 is 23.5 Å². The zero-order chi connectivity index (χ0) is 14.5. The Morgan fingerprint density at radius 2 is 1.56 bits per heavy atom. The normalized spacial score (nSPS) is 10.7. The highest BCUT2D eigenvalue weighted by Gasteiger charge is 2.30. The van der Waals surface area contributed by atoms with Crippen molar-refractivity contribution in [1.82, 2.24) is 10.2 Å². The number of carbonyl (C=O) groups excluding carboxylic acids is 4. The van der Waals surface area contributed by atoms with Gasteiger partial charge in [-0.05, 0) is 0 Å². The summed E-state index contributed by atoms with van der Waals surface area (Å²) < 4.78 is -0.164. The van der Waals surface area contributed by atoms with E-state index in [1.165, 1.54) is 4.90 Å². The molecular weight excluding hydrogens is 238 g/mol. The van der Waals surface area contributed by atoms with Gasteiger partial charge in [-0.15, -0.1) is 0 Å². The van der Waals surface area contributed by atoms with Gasteiger partial charge in [-0.3, -0.25) is 18.9 Å². The van der Waals surface area contributed by atoms with E-state index in [0.717, 1.165) is 0 Å². The van der Waals surface area contributed by atoms with Crippen LogP contribution in [-0.2, 0) is 19.2 Å². The highest BCUT2D eigenvalue weighted by Crippen LogP contribution is 1.96. The van der Waals surface area contributed by atoms with Crippen LogP contribution in [0.15, 0.2) is 0 Å². The first-order chi connectivity index (χ1) is 8.05. The Bertz CT molecular complexity index is 369. The molecule has 0 unspecified atom stereocenters. The molecule has 0 aliphatic heterocycles. The van der Waals surface area contributed by atoms with E-state index in [0.29, 0.717) is 0 Å². The van der Waals surface area contributed by atoms with Crippen LogP contribution in [0.2, 0.25) is 0 Å². The first-order valence-electron chi connectivity index (χ1n) is 5.41. The molecule has 0 aliphatic carbocycles. The van der Waals surface area contributed by atoms with Crippen molar-refractivity contribution in [2.75, 3.05) is 41.8 Å². The molecule has 0 aliphatic rings. The number of rotatable bonds is 5. The van der Waals surface area contributed by atoms with Gasteiger partial charge in [0.1, 0.15) is 0 Å². The molecule has 7 nitrogen and oxygen atoms in total. The summed E-state index contributed by atoms with van der Waals surface area (Å²) in [5.74, 6) is -2.33. The summed E-state index contributed by atoms with van der Waals surface area (Å²) in [5.41, 5.74) is 0. The van der Waals surface area contributed by atoms with Gasteiger partial charge in [0.15, 0.2) is 0 Å². The van der Waals surface area contributed by atoms with E-state index in [-0.39, 0.29) is 16.9 Å². The topological polar surface area (TPSA) is 83.6 Å². The standard InChI is InChI=1S/C11H19N3O4/c1-13(2)10(17)7-12-9(16)6-8(15)11(18)14(3,4)5/h6-7H2,1-5H3/p+1. The molecule has 0 rings (SSSR count). The Balaban J connectivity index is 4.23. The minimum atomic E-state index is -0.766. The molecule has 0 radical (unpaired) electrons. The number of carbonyl (C=O) groups is 4. The molecule has 0 aromatic carbocycles. The van der Waals surface area contributed by atoms with Gasteiger partial charge in [-0.2, -0.15) is 0 Å². The van der Waals surface area contributed by atoms with Crippen LogP contribution in [0, 0.1) is 0 Å². The Morgan fingerprint density at radius 3 is 1.94 bits per heavy atom. The van der Waals surface area contributed by atoms with Crippen molar-refractivity contribution in [2.45, 2.75) is 6.42 Å². The van der Waals surface area contributed by atoms with Gasteiger partial charge >= 0.3 is 5.91 Å². The zero-order valence-electron chi connectivity index (χ0n) is 11.4. The molecule has 0 bridgehead atoms. The first kappa shape index (κ1) is 16.2. The van der Waals surface area contributed by atoms with Crippen LogP contribution < -0.4 is 5.32 Å². The molecule has 0 aromatic rings. The molecule has 0 atom stereocenters. The number of likely N-dealkylation sites (N-methyl/N-ethyl adjacent to an activating group) is 2. The minimum Gasteiger partial charge on any atom is -0.347 e. The van der Waals surface area contributed by atoms with E-state index in [9.17, 15) is 19.2 Å². The number of nitrogens with zero attached hydrogens (tertiary/aromatic N) is 2. The summed E-state index contributed by atoms with van der Waals surface area (Å²) in [6.07, 6.45) is -0.533. The largest absolute Gasteiger partial charge is 0.381 e. The average Bonchev–Trinajstić information content (AvgIpc) is 2.23. The second-order valence-electron chi connectivity index (χ2n) is 4.98. The van der Waals surface area contributed by atoms with Gasteiger partial charge in [-0.1, -0.05) is 0 Å². The molecule has 0 fully saturated rings. The Morgan fingerprint density at radius 1 is 1.06 bits per heavy atom. The van der Waals surface area contributed by atoms with Crippen LogP contribution >= 0.6 is 0 Å². The van der Waals surface area contributed by atoms with Crippen LogP contribution in [0.4, 0.5) is 0 Å². The third-order valence-corrected chi connectivity index (χ3v) is 2.10. The van der Waals surface area contributed by atoms with Crippen molar-refractivity contribution < 1.29 is 23.7 Å². The van der Waals surface area contributed by atoms with Crippen molar-refractivity contribution in [3.05, 3.63) is 0 Å². The summed E-state index contributed by atoms with van der Waals surface area (Å²) in [7, 11) is 7.76. The van der Waals surface area contributed by atoms with Gasteiger partial charge in [-0.25, -0.2) is 4.79 Å². The van der Waals surface area contributed by atoms with Gasteiger partial charge < -0.3 is 10.2 Å². The number of hydrogen-bond acceptors (Lipinski definition) is 4. The molecule has 18 heavy (non-hydrogen) atoms. The molecular formula is C11H20N3O4+. The molecule has 1 N–H and O–H groups in total. The summed E-state index contributed by atoms with van der Waals surface area (Å²) in [6, 6.07) is 0. The second kappa shape index (κ2) is 6.25. The van der Waals surface area contributed by atoms with Gasteiger partial charge in [0.25, 0.3) is 5.78 Å². The Labute approximate surface area is 106 Å². The number of nitrogens with one attached hydrogen (secondary N) is 1. The third-order valence-electron chi connectivity index (χ3n) is 2.10. The summed E-state index contributed by atoms with van der Waals surface area (Å²) >= 11 is 0. The van der Waals surface area contributed by atoms with E-state index < -0.39 is 24.0 Å². The molecule has 102 valence electrons. The average molecular weight is 258 g/mol. The molecule has 0 aromatic heterocycles. The minimum absolute atomic E-state index is 0.164. The van der Waals surface area contributed by atoms with Crippen LogP contribution in [0.1, 0.15) is 6.42 Å². The predicted molar refractivity (Wildman–Crippen MR) is 64.4 cm³/mol. The fraction of sp³-hybridized carbons (Fsp3) is 0.636. The Hall–Kier alpha value is -1.76. The lowest BCUT2D eigenvalue weighted by Crippen LogP contribution is -2.47. The number of Topliss-reactive ketones (excluding diaryl/α,β-unsaturated/α-hetero) is 1. The number of amides is 3. The fourth-order valence-electron chi connectivity index (χ4n) is 0.990. The van der Waals surface area contributed by atoms with Gasteiger partial charge in [0.05, 0.1) is 34.1 Å². The van der Waals surface area contributed by atoms with E-state index in [1.807, 2.05) is 0 Å². The van der Waals surface area contributed by atoms with Crippen molar-refractivity contribution in [1.29, 1.82) is 0 Å². The lowest BCUT2D eigenvalue weighted by Gasteiger charge is -2.19. The Kier molecular flexibility index (Phi) is 5.64. The maximum Gasteiger partial charge on any atom is 0.381 e. The van der Waals surface area contributed by atoms with Gasteiger partial charge in [0.2, 0.25) is 11.8 Å². The lowest BCUT2D eigenvalue weighted by molar-refractivity contribution is -0.788. The van der Waals surface area contributed by atoms with E-state index in [1.54, 1.807) is 35.2 Å². The molecule has 7 heteroatoms. The lowest BCUT2D eigenvalue weighted by atomic mass is 10.2.